The Morgan fingerprint density at radius 1 is 1.45 bits per heavy atom. The summed E-state index contributed by atoms with van der Waals surface area (Å²) in [4.78, 5) is 0. The van der Waals surface area contributed by atoms with Crippen LogP contribution in [0.4, 0.5) is 0 Å². The van der Waals surface area contributed by atoms with Gasteiger partial charge in [-0.05, 0) is 30.2 Å². The van der Waals surface area contributed by atoms with Crippen molar-refractivity contribution in [3.05, 3.63) is 24.4 Å². The first-order valence-electron chi connectivity index (χ1n) is 4.07. The van der Waals surface area contributed by atoms with Crippen LogP contribution in [0.2, 0.25) is 0 Å². The van der Waals surface area contributed by atoms with Crippen LogP contribution in [0, 0.1) is 5.41 Å². The molecule has 0 aromatic heterocycles. The van der Waals surface area contributed by atoms with E-state index < -0.39 is 0 Å². The fourth-order valence-corrected chi connectivity index (χ4v) is 0.527. The largest absolute Gasteiger partial charge is 0.391 e. The third-order valence-corrected chi connectivity index (χ3v) is 1.57. The highest BCUT2D eigenvalue weighted by molar-refractivity contribution is 5.20. The normalized spacial score (nSPS) is 12.0. The fraction of sp³-hybridized carbons (Fsp3) is 0.600. The molecule has 0 aromatic rings. The summed E-state index contributed by atoms with van der Waals surface area (Å²) in [5.74, 6) is 0. The number of hydrogen-bond donors (Lipinski definition) is 1. The van der Waals surface area contributed by atoms with Gasteiger partial charge in [-0.15, -0.1) is 0 Å². The zero-order valence-corrected chi connectivity index (χ0v) is 8.07. The molecule has 0 bridgehead atoms. The summed E-state index contributed by atoms with van der Waals surface area (Å²) in [5.41, 5.74) is 1.34. The summed E-state index contributed by atoms with van der Waals surface area (Å²) in [6.07, 6.45) is 3.98. The van der Waals surface area contributed by atoms with E-state index in [1.54, 1.807) is 0 Å². The summed E-state index contributed by atoms with van der Waals surface area (Å²) in [6, 6.07) is 0. The van der Waals surface area contributed by atoms with Crippen molar-refractivity contribution in [3.63, 3.8) is 0 Å². The Bertz CT molecular complexity index is 149. The molecule has 0 saturated carbocycles. The number of hydrogen-bond acceptors (Lipinski definition) is 1. The van der Waals surface area contributed by atoms with Gasteiger partial charge in [0.15, 0.2) is 0 Å². The van der Waals surface area contributed by atoms with Gasteiger partial charge >= 0.3 is 0 Å². The first kappa shape index (κ1) is 10.3. The van der Waals surface area contributed by atoms with Crippen LogP contribution in [0.5, 0.6) is 0 Å². The zero-order valence-electron chi connectivity index (χ0n) is 8.07. The molecule has 1 heteroatoms. The van der Waals surface area contributed by atoms with Gasteiger partial charge < -0.3 is 5.32 Å². The summed E-state index contributed by atoms with van der Waals surface area (Å²) >= 11 is 0. The minimum Gasteiger partial charge on any atom is -0.391 e. The molecule has 1 N–H and O–H groups in total. The van der Waals surface area contributed by atoms with Crippen molar-refractivity contribution < 1.29 is 0 Å². The second-order valence-electron chi connectivity index (χ2n) is 3.67. The number of allylic oxidation sites excluding steroid dienone is 2. The molecule has 0 aromatic carbocycles. The second-order valence-corrected chi connectivity index (χ2v) is 3.67. The molecule has 64 valence electrons. The summed E-state index contributed by atoms with van der Waals surface area (Å²) < 4.78 is 0. The second kappa shape index (κ2) is 4.22. The van der Waals surface area contributed by atoms with E-state index >= 15 is 0 Å². The lowest BCUT2D eigenvalue weighted by molar-refractivity contribution is 0.518. The van der Waals surface area contributed by atoms with Crippen LogP contribution in [0.3, 0.4) is 0 Å². The first-order chi connectivity index (χ1) is 4.98. The molecule has 0 radical (unpaired) electrons. The van der Waals surface area contributed by atoms with Gasteiger partial charge in [-0.25, -0.2) is 0 Å². The van der Waals surface area contributed by atoms with E-state index in [9.17, 15) is 0 Å². The van der Waals surface area contributed by atoms with Gasteiger partial charge in [-0.1, -0.05) is 27.4 Å². The Labute approximate surface area is 70.2 Å². The van der Waals surface area contributed by atoms with Gasteiger partial charge in [0.25, 0.3) is 0 Å². The maximum absolute atomic E-state index is 3.97. The first-order valence-corrected chi connectivity index (χ1v) is 4.07. The van der Waals surface area contributed by atoms with E-state index in [0.29, 0.717) is 0 Å². The molecule has 0 amide bonds. The molecule has 0 heterocycles. The Kier molecular flexibility index (Phi) is 3.94. The summed E-state index contributed by atoms with van der Waals surface area (Å²) in [6.45, 7) is 13.5. The third kappa shape index (κ3) is 4.65. The van der Waals surface area contributed by atoms with E-state index in [2.05, 4.69) is 39.6 Å². The minimum atomic E-state index is 0.186. The van der Waals surface area contributed by atoms with Crippen molar-refractivity contribution in [2.75, 3.05) is 6.54 Å². The predicted octanol–water partition coefficient (Wildman–Crippen LogP) is 2.71. The molecule has 0 spiro atoms. The average Bonchev–Trinajstić information content (AvgIpc) is 1.86. The van der Waals surface area contributed by atoms with Gasteiger partial charge in [0.1, 0.15) is 0 Å². The Balaban J connectivity index is 3.88. The van der Waals surface area contributed by atoms with Crippen LogP contribution in [0.25, 0.3) is 0 Å². The SMILES string of the molecule is C=C(/C=C\NCC)C(C)(C)C. The topological polar surface area (TPSA) is 12.0 Å². The average molecular weight is 153 g/mol. The van der Waals surface area contributed by atoms with Crippen LogP contribution >= 0.6 is 0 Å². The van der Waals surface area contributed by atoms with Crippen LogP contribution in [0.15, 0.2) is 24.4 Å². The quantitative estimate of drug-likeness (QED) is 0.615. The van der Waals surface area contributed by atoms with Gasteiger partial charge in [0, 0.05) is 6.54 Å². The van der Waals surface area contributed by atoms with Crippen LogP contribution in [-0.2, 0) is 0 Å². The van der Waals surface area contributed by atoms with Crippen molar-refractivity contribution in [1.29, 1.82) is 0 Å². The minimum absolute atomic E-state index is 0.186. The Hall–Kier alpha value is -0.720. The van der Waals surface area contributed by atoms with E-state index in [4.69, 9.17) is 0 Å². The van der Waals surface area contributed by atoms with Gasteiger partial charge in [-0.2, -0.15) is 0 Å². The van der Waals surface area contributed by atoms with Gasteiger partial charge in [0.2, 0.25) is 0 Å². The molecule has 0 aliphatic heterocycles. The van der Waals surface area contributed by atoms with Crippen molar-refractivity contribution in [2.24, 2.45) is 5.41 Å². The number of nitrogens with one attached hydrogen (secondary N) is 1. The highest BCUT2D eigenvalue weighted by atomic mass is 14.8. The lowest BCUT2D eigenvalue weighted by atomic mass is 9.88. The standard InChI is InChI=1S/C10H19N/c1-6-11-8-7-9(2)10(3,4)5/h7-8,11H,2,6H2,1,3-5H3/b8-7-. The van der Waals surface area contributed by atoms with E-state index in [-0.39, 0.29) is 5.41 Å². The molecule has 0 aliphatic carbocycles. The number of rotatable bonds is 3. The highest BCUT2D eigenvalue weighted by Gasteiger charge is 2.11. The van der Waals surface area contributed by atoms with E-state index in [0.717, 1.165) is 12.1 Å². The summed E-state index contributed by atoms with van der Waals surface area (Å²) in [5, 5.41) is 3.11. The molecule has 1 nitrogen and oxygen atoms in total. The van der Waals surface area contributed by atoms with Crippen LogP contribution in [0.1, 0.15) is 27.7 Å². The molecule has 0 unspecified atom stereocenters. The molecule has 0 saturated heterocycles. The fourth-order valence-electron chi connectivity index (χ4n) is 0.527. The van der Waals surface area contributed by atoms with Gasteiger partial charge in [-0.3, -0.25) is 0 Å². The van der Waals surface area contributed by atoms with Crippen molar-refractivity contribution in [1.82, 2.24) is 5.32 Å². The van der Waals surface area contributed by atoms with E-state index in [1.807, 2.05) is 12.3 Å². The summed E-state index contributed by atoms with van der Waals surface area (Å²) in [7, 11) is 0. The lowest BCUT2D eigenvalue weighted by Gasteiger charge is -2.18. The lowest BCUT2D eigenvalue weighted by Crippen LogP contribution is -2.08. The Morgan fingerprint density at radius 2 is 2.00 bits per heavy atom. The molecule has 0 atom stereocenters. The van der Waals surface area contributed by atoms with Gasteiger partial charge in [0.05, 0.1) is 0 Å². The maximum Gasteiger partial charge on any atom is 0.0113 e. The monoisotopic (exact) mass is 153 g/mol. The zero-order chi connectivity index (χ0) is 8.91. The third-order valence-electron chi connectivity index (χ3n) is 1.57. The predicted molar refractivity (Wildman–Crippen MR) is 51.4 cm³/mol. The van der Waals surface area contributed by atoms with Crippen molar-refractivity contribution in [2.45, 2.75) is 27.7 Å². The molecular formula is C10H19N. The molecular weight excluding hydrogens is 134 g/mol. The van der Waals surface area contributed by atoms with Crippen molar-refractivity contribution >= 4 is 0 Å². The smallest absolute Gasteiger partial charge is 0.0113 e. The Morgan fingerprint density at radius 3 is 2.36 bits per heavy atom. The van der Waals surface area contributed by atoms with E-state index in [1.165, 1.54) is 0 Å². The molecule has 0 fully saturated rings. The van der Waals surface area contributed by atoms with Crippen LogP contribution in [-0.4, -0.2) is 6.54 Å². The molecule has 11 heavy (non-hydrogen) atoms. The maximum atomic E-state index is 3.97. The van der Waals surface area contributed by atoms with Crippen LogP contribution < -0.4 is 5.32 Å². The molecule has 0 aliphatic rings. The van der Waals surface area contributed by atoms with Crippen molar-refractivity contribution in [3.8, 4) is 0 Å². The molecule has 0 rings (SSSR count). The highest BCUT2D eigenvalue weighted by Crippen LogP contribution is 2.23.